The lowest BCUT2D eigenvalue weighted by atomic mass is 10.2. The van der Waals surface area contributed by atoms with Crippen LogP contribution in [0.2, 0.25) is 0 Å². The van der Waals surface area contributed by atoms with Crippen molar-refractivity contribution in [2.75, 3.05) is 0 Å². The smallest absolute Gasteiger partial charge is 0.268 e. The monoisotopic (exact) mass is 217 g/mol. The highest BCUT2D eigenvalue weighted by molar-refractivity contribution is 7.13. The highest BCUT2D eigenvalue weighted by Crippen LogP contribution is 2.20. The highest BCUT2D eigenvalue weighted by atomic mass is 32.1. The van der Waals surface area contributed by atoms with Crippen molar-refractivity contribution in [2.24, 2.45) is 0 Å². The molecule has 0 saturated carbocycles. The summed E-state index contributed by atoms with van der Waals surface area (Å²) in [5.41, 5.74) is 0.0679. The predicted molar refractivity (Wildman–Crippen MR) is 64.2 cm³/mol. The lowest BCUT2D eigenvalue weighted by Crippen LogP contribution is -2.16. The first kappa shape index (κ1) is 10.0. The van der Waals surface area contributed by atoms with Crippen LogP contribution in [0, 0.1) is 12.3 Å². The number of hydrogen-bond donors (Lipinski definition) is 0. The van der Waals surface area contributed by atoms with Crippen molar-refractivity contribution >= 4 is 21.6 Å². The zero-order valence-corrected chi connectivity index (χ0v) is 9.25. The summed E-state index contributed by atoms with van der Waals surface area (Å²) >= 11 is 1.48. The van der Waals surface area contributed by atoms with Gasteiger partial charge >= 0.3 is 0 Å². The molecule has 0 amide bonds. The SMILES string of the molecule is C#CCC(C)n1sc2ccccc2c1=O. The molecular formula is C12H11NOS. The summed E-state index contributed by atoms with van der Waals surface area (Å²) in [7, 11) is 0. The minimum Gasteiger partial charge on any atom is -0.268 e. The van der Waals surface area contributed by atoms with Gasteiger partial charge in [0.15, 0.2) is 0 Å². The number of aromatic nitrogens is 1. The maximum Gasteiger partial charge on any atom is 0.268 e. The van der Waals surface area contributed by atoms with Gasteiger partial charge in [-0.15, -0.1) is 12.3 Å². The third-order valence-electron chi connectivity index (χ3n) is 2.33. The van der Waals surface area contributed by atoms with E-state index < -0.39 is 0 Å². The Labute approximate surface area is 92.3 Å². The molecule has 0 spiro atoms. The molecule has 76 valence electrons. The molecule has 0 aliphatic carbocycles. The van der Waals surface area contributed by atoms with Gasteiger partial charge in [-0.05, 0) is 19.1 Å². The van der Waals surface area contributed by atoms with Gasteiger partial charge in [-0.1, -0.05) is 23.7 Å². The second-order valence-electron chi connectivity index (χ2n) is 3.48. The summed E-state index contributed by atoms with van der Waals surface area (Å²) in [6.07, 6.45) is 5.84. The molecule has 1 heterocycles. The van der Waals surface area contributed by atoms with Crippen molar-refractivity contribution in [2.45, 2.75) is 19.4 Å². The van der Waals surface area contributed by atoms with Gasteiger partial charge < -0.3 is 0 Å². The van der Waals surface area contributed by atoms with Crippen molar-refractivity contribution in [1.82, 2.24) is 3.96 Å². The fourth-order valence-corrected chi connectivity index (χ4v) is 2.57. The first-order valence-corrected chi connectivity index (χ1v) is 5.55. The maximum absolute atomic E-state index is 11.9. The number of benzene rings is 1. The Morgan fingerprint density at radius 2 is 2.27 bits per heavy atom. The molecule has 0 aliphatic heterocycles. The normalized spacial score (nSPS) is 12.5. The maximum atomic E-state index is 11.9. The second kappa shape index (κ2) is 3.92. The van der Waals surface area contributed by atoms with Crippen molar-refractivity contribution < 1.29 is 0 Å². The van der Waals surface area contributed by atoms with Gasteiger partial charge in [0, 0.05) is 6.42 Å². The number of rotatable bonds is 2. The van der Waals surface area contributed by atoms with E-state index >= 15 is 0 Å². The summed E-state index contributed by atoms with van der Waals surface area (Å²) in [5.74, 6) is 2.58. The zero-order valence-electron chi connectivity index (χ0n) is 8.43. The van der Waals surface area contributed by atoms with Gasteiger partial charge in [0.25, 0.3) is 5.56 Å². The van der Waals surface area contributed by atoms with Crippen LogP contribution < -0.4 is 5.56 Å². The molecule has 1 atom stereocenters. The van der Waals surface area contributed by atoms with Crippen molar-refractivity contribution in [3.63, 3.8) is 0 Å². The molecule has 0 bridgehead atoms. The Hall–Kier alpha value is -1.53. The Morgan fingerprint density at radius 1 is 1.53 bits per heavy atom. The second-order valence-corrected chi connectivity index (χ2v) is 4.49. The molecule has 1 unspecified atom stereocenters. The molecule has 0 saturated heterocycles. The van der Waals surface area contributed by atoms with Gasteiger partial charge in [0.2, 0.25) is 0 Å². The average Bonchev–Trinajstić information content (AvgIpc) is 2.57. The molecule has 0 fully saturated rings. The van der Waals surface area contributed by atoms with E-state index in [1.807, 2.05) is 31.2 Å². The summed E-state index contributed by atoms with van der Waals surface area (Å²) < 4.78 is 2.77. The van der Waals surface area contributed by atoms with E-state index in [0.717, 1.165) is 10.1 Å². The Morgan fingerprint density at radius 3 is 2.93 bits per heavy atom. The first-order chi connectivity index (χ1) is 7.24. The van der Waals surface area contributed by atoms with Crippen LogP contribution >= 0.6 is 11.5 Å². The minimum absolute atomic E-state index is 0.0679. The van der Waals surface area contributed by atoms with Gasteiger partial charge in [-0.3, -0.25) is 8.75 Å². The van der Waals surface area contributed by atoms with Crippen LogP contribution in [0.25, 0.3) is 10.1 Å². The summed E-state index contributed by atoms with van der Waals surface area (Å²) in [6.45, 7) is 1.97. The van der Waals surface area contributed by atoms with Crippen LogP contribution in [0.3, 0.4) is 0 Å². The Balaban J connectivity index is 2.59. The van der Waals surface area contributed by atoms with Crippen LogP contribution in [-0.2, 0) is 0 Å². The summed E-state index contributed by atoms with van der Waals surface area (Å²) in [6, 6.07) is 7.72. The number of nitrogens with zero attached hydrogens (tertiary/aromatic N) is 1. The van der Waals surface area contributed by atoms with Gasteiger partial charge in [0.05, 0.1) is 16.1 Å². The molecule has 2 nitrogen and oxygen atoms in total. The lowest BCUT2D eigenvalue weighted by Gasteiger charge is -2.06. The molecule has 0 N–H and O–H groups in total. The molecule has 2 rings (SSSR count). The molecule has 2 aromatic rings. The molecule has 1 aromatic carbocycles. The fourth-order valence-electron chi connectivity index (χ4n) is 1.53. The number of terminal acetylenes is 1. The van der Waals surface area contributed by atoms with E-state index in [4.69, 9.17) is 6.42 Å². The van der Waals surface area contributed by atoms with E-state index in [1.165, 1.54) is 11.5 Å². The standard InChI is InChI=1S/C12H11NOS/c1-3-6-9(2)13-12(14)10-7-4-5-8-11(10)15-13/h1,4-5,7-9H,6H2,2H3. The summed E-state index contributed by atoms with van der Waals surface area (Å²) in [5, 5.41) is 0.784. The third-order valence-corrected chi connectivity index (χ3v) is 3.60. The number of hydrogen-bond acceptors (Lipinski definition) is 2. The van der Waals surface area contributed by atoms with Crippen LogP contribution in [-0.4, -0.2) is 3.96 Å². The van der Waals surface area contributed by atoms with E-state index in [1.54, 1.807) is 3.96 Å². The van der Waals surface area contributed by atoms with Gasteiger partial charge in [-0.25, -0.2) is 0 Å². The topological polar surface area (TPSA) is 22.0 Å². The van der Waals surface area contributed by atoms with Gasteiger partial charge in [-0.2, -0.15) is 0 Å². The molecule has 1 aromatic heterocycles. The Kier molecular flexibility index (Phi) is 2.61. The lowest BCUT2D eigenvalue weighted by molar-refractivity contribution is 0.594. The largest absolute Gasteiger partial charge is 0.268 e. The minimum atomic E-state index is 0.0679. The van der Waals surface area contributed by atoms with Crippen molar-refractivity contribution in [3.8, 4) is 12.3 Å². The van der Waals surface area contributed by atoms with E-state index in [9.17, 15) is 4.79 Å². The highest BCUT2D eigenvalue weighted by Gasteiger charge is 2.11. The predicted octanol–water partition coefficient (Wildman–Crippen LogP) is 2.65. The quantitative estimate of drug-likeness (QED) is 0.709. The zero-order chi connectivity index (χ0) is 10.8. The van der Waals surface area contributed by atoms with Crippen LogP contribution in [0.1, 0.15) is 19.4 Å². The van der Waals surface area contributed by atoms with Crippen LogP contribution in [0.5, 0.6) is 0 Å². The number of fused-ring (bicyclic) bond motifs is 1. The van der Waals surface area contributed by atoms with E-state index in [2.05, 4.69) is 5.92 Å². The van der Waals surface area contributed by atoms with E-state index in [-0.39, 0.29) is 11.6 Å². The van der Waals surface area contributed by atoms with E-state index in [0.29, 0.717) is 6.42 Å². The molecule has 0 radical (unpaired) electrons. The molecule has 0 aliphatic rings. The molecule has 15 heavy (non-hydrogen) atoms. The molecular weight excluding hydrogens is 206 g/mol. The average molecular weight is 217 g/mol. The summed E-state index contributed by atoms with van der Waals surface area (Å²) in [4.78, 5) is 11.9. The third kappa shape index (κ3) is 1.69. The van der Waals surface area contributed by atoms with Crippen LogP contribution in [0.4, 0.5) is 0 Å². The van der Waals surface area contributed by atoms with Crippen molar-refractivity contribution in [1.29, 1.82) is 0 Å². The Bertz CT molecular complexity index is 573. The fraction of sp³-hybridized carbons (Fsp3) is 0.250. The first-order valence-electron chi connectivity index (χ1n) is 4.78. The van der Waals surface area contributed by atoms with Crippen molar-refractivity contribution in [3.05, 3.63) is 34.6 Å². The molecule has 3 heteroatoms. The van der Waals surface area contributed by atoms with Crippen LogP contribution in [0.15, 0.2) is 29.1 Å². The van der Waals surface area contributed by atoms with Gasteiger partial charge in [0.1, 0.15) is 0 Å².